The highest BCUT2D eigenvalue weighted by molar-refractivity contribution is 7.09. The number of thiazole rings is 1. The van der Waals surface area contributed by atoms with Crippen LogP contribution in [0, 0.1) is 12.3 Å². The van der Waals surface area contributed by atoms with Crippen LogP contribution in [0.1, 0.15) is 37.9 Å². The summed E-state index contributed by atoms with van der Waals surface area (Å²) in [7, 11) is 1.77. The summed E-state index contributed by atoms with van der Waals surface area (Å²) in [5, 5.41) is 5.78. The number of hydrogen-bond acceptors (Lipinski definition) is 5. The molecule has 7 heteroatoms. The zero-order valence-corrected chi connectivity index (χ0v) is 16.1. The third kappa shape index (κ3) is 5.27. The number of rotatable bonds is 5. The summed E-state index contributed by atoms with van der Waals surface area (Å²) in [6.45, 7) is 11.1. The second-order valence-electron chi connectivity index (χ2n) is 7.67. The van der Waals surface area contributed by atoms with Gasteiger partial charge in [-0.05, 0) is 12.3 Å². The molecule has 0 radical (unpaired) electrons. The maximum Gasteiger partial charge on any atom is 0.237 e. The number of carbonyl (C=O) groups is 2. The van der Waals surface area contributed by atoms with Gasteiger partial charge < -0.3 is 10.2 Å². The molecule has 0 saturated carbocycles. The van der Waals surface area contributed by atoms with Crippen LogP contribution in [0.15, 0.2) is 5.38 Å². The topological polar surface area (TPSA) is 65.5 Å². The molecule has 134 valence electrons. The van der Waals surface area contributed by atoms with Crippen LogP contribution in [-0.2, 0) is 16.1 Å². The largest absolute Gasteiger partial charge is 0.353 e. The number of carbonyl (C=O) groups excluding carboxylic acids is 2. The maximum atomic E-state index is 12.6. The first-order valence-corrected chi connectivity index (χ1v) is 9.20. The van der Waals surface area contributed by atoms with Gasteiger partial charge in [0.1, 0.15) is 5.01 Å². The van der Waals surface area contributed by atoms with Gasteiger partial charge in [-0.15, -0.1) is 11.3 Å². The summed E-state index contributed by atoms with van der Waals surface area (Å²) in [5.41, 5.74) is 1.06. The molecule has 6 nitrogen and oxygen atoms in total. The molecule has 1 aromatic heterocycles. The molecular weight excluding hydrogens is 324 g/mol. The molecule has 0 unspecified atom stereocenters. The lowest BCUT2D eigenvalue weighted by molar-refractivity contribution is -0.138. The van der Waals surface area contributed by atoms with Crippen LogP contribution < -0.4 is 5.32 Å². The van der Waals surface area contributed by atoms with Crippen molar-refractivity contribution >= 4 is 23.2 Å². The molecule has 1 saturated heterocycles. The van der Waals surface area contributed by atoms with Gasteiger partial charge in [0.2, 0.25) is 11.8 Å². The van der Waals surface area contributed by atoms with Crippen LogP contribution in [0.3, 0.4) is 0 Å². The van der Waals surface area contributed by atoms with Crippen molar-refractivity contribution in [3.63, 3.8) is 0 Å². The van der Waals surface area contributed by atoms with Crippen molar-refractivity contribution in [2.24, 2.45) is 5.41 Å². The molecule has 0 aromatic carbocycles. The molecule has 1 aromatic rings. The Hall–Kier alpha value is -1.47. The summed E-state index contributed by atoms with van der Waals surface area (Å²) in [6.07, 6.45) is 0.211. The van der Waals surface area contributed by atoms with Crippen LogP contribution >= 0.6 is 11.3 Å². The van der Waals surface area contributed by atoms with Crippen LogP contribution in [0.2, 0.25) is 0 Å². The fourth-order valence-electron chi connectivity index (χ4n) is 2.87. The minimum Gasteiger partial charge on any atom is -0.353 e. The van der Waals surface area contributed by atoms with Crippen molar-refractivity contribution in [2.45, 2.75) is 46.7 Å². The number of aryl methyl sites for hydroxylation is 1. The second-order valence-corrected chi connectivity index (χ2v) is 8.62. The van der Waals surface area contributed by atoms with Gasteiger partial charge in [0.25, 0.3) is 0 Å². The molecule has 0 spiro atoms. The van der Waals surface area contributed by atoms with E-state index in [-0.39, 0.29) is 29.7 Å². The normalized spacial score (nSPS) is 19.2. The van der Waals surface area contributed by atoms with Gasteiger partial charge in [-0.1, -0.05) is 20.8 Å². The van der Waals surface area contributed by atoms with E-state index < -0.39 is 0 Å². The van der Waals surface area contributed by atoms with Gasteiger partial charge in [-0.2, -0.15) is 0 Å². The van der Waals surface area contributed by atoms with E-state index >= 15 is 0 Å². The van der Waals surface area contributed by atoms with Crippen LogP contribution in [0.5, 0.6) is 0 Å². The van der Waals surface area contributed by atoms with Crippen molar-refractivity contribution in [1.29, 1.82) is 0 Å². The van der Waals surface area contributed by atoms with E-state index in [0.717, 1.165) is 23.8 Å². The summed E-state index contributed by atoms with van der Waals surface area (Å²) in [4.78, 5) is 33.0. The zero-order valence-electron chi connectivity index (χ0n) is 15.3. The Morgan fingerprint density at radius 2 is 2.21 bits per heavy atom. The van der Waals surface area contributed by atoms with Crippen molar-refractivity contribution in [1.82, 2.24) is 20.1 Å². The lowest BCUT2D eigenvalue weighted by Crippen LogP contribution is -2.58. The predicted molar refractivity (Wildman–Crippen MR) is 95.8 cm³/mol. The molecular formula is C17H28N4O2S. The molecule has 1 atom stereocenters. The molecule has 2 heterocycles. The molecule has 2 rings (SSSR count). The lowest BCUT2D eigenvalue weighted by atomic mass is 9.94. The summed E-state index contributed by atoms with van der Waals surface area (Å²) < 4.78 is 0. The number of nitrogens with zero attached hydrogens (tertiary/aromatic N) is 3. The van der Waals surface area contributed by atoms with Gasteiger partial charge in [-0.25, -0.2) is 4.98 Å². The molecule has 1 N–H and O–H groups in total. The Balaban J connectivity index is 1.99. The molecule has 1 aliphatic heterocycles. The second kappa shape index (κ2) is 7.61. The Kier molecular flexibility index (Phi) is 5.98. The van der Waals surface area contributed by atoms with E-state index in [4.69, 9.17) is 0 Å². The summed E-state index contributed by atoms with van der Waals surface area (Å²) in [5.74, 6) is -0.0684. The van der Waals surface area contributed by atoms with E-state index in [1.165, 1.54) is 0 Å². The van der Waals surface area contributed by atoms with Crippen LogP contribution in [-0.4, -0.2) is 59.3 Å². The van der Waals surface area contributed by atoms with Crippen molar-refractivity contribution in [2.75, 3.05) is 26.7 Å². The molecule has 0 aliphatic carbocycles. The smallest absolute Gasteiger partial charge is 0.237 e. The van der Waals surface area contributed by atoms with Gasteiger partial charge >= 0.3 is 0 Å². The van der Waals surface area contributed by atoms with E-state index in [9.17, 15) is 9.59 Å². The number of nitrogens with one attached hydrogen (secondary N) is 1. The number of amides is 2. The van der Waals surface area contributed by atoms with E-state index in [0.29, 0.717) is 13.1 Å². The minimum absolute atomic E-state index is 0.0242. The first-order valence-electron chi connectivity index (χ1n) is 8.32. The SMILES string of the molecule is Cc1csc(CN(C)C(=O)C[C@@H]2C(=O)NCCN2CC(C)(C)C)n1. The van der Waals surface area contributed by atoms with Gasteiger partial charge in [0.05, 0.1) is 19.0 Å². The van der Waals surface area contributed by atoms with E-state index in [1.54, 1.807) is 23.3 Å². The quantitative estimate of drug-likeness (QED) is 0.875. The van der Waals surface area contributed by atoms with Gasteiger partial charge in [-0.3, -0.25) is 14.5 Å². The molecule has 2 amide bonds. The van der Waals surface area contributed by atoms with Crippen molar-refractivity contribution in [3.05, 3.63) is 16.1 Å². The summed E-state index contributed by atoms with van der Waals surface area (Å²) in [6, 6.07) is -0.383. The standard InChI is InChI=1S/C17H28N4O2S/c1-12-10-24-14(19-12)9-20(5)15(22)8-13-16(23)18-6-7-21(13)11-17(2,3)4/h10,13H,6-9,11H2,1-5H3,(H,18,23)/t13-/m1/s1. The van der Waals surface area contributed by atoms with Crippen LogP contribution in [0.25, 0.3) is 0 Å². The lowest BCUT2D eigenvalue weighted by Gasteiger charge is -2.38. The Bertz CT molecular complexity index is 594. The third-order valence-electron chi connectivity index (χ3n) is 3.95. The highest BCUT2D eigenvalue weighted by atomic mass is 32.1. The fourth-order valence-corrected chi connectivity index (χ4v) is 3.69. The first-order chi connectivity index (χ1) is 11.2. The highest BCUT2D eigenvalue weighted by Gasteiger charge is 2.34. The average Bonchev–Trinajstić information content (AvgIpc) is 2.86. The highest BCUT2D eigenvalue weighted by Crippen LogP contribution is 2.20. The van der Waals surface area contributed by atoms with Crippen molar-refractivity contribution < 1.29 is 9.59 Å². The zero-order chi connectivity index (χ0) is 17.9. The minimum atomic E-state index is -0.383. The van der Waals surface area contributed by atoms with Gasteiger partial charge in [0, 0.05) is 37.8 Å². The Morgan fingerprint density at radius 3 is 2.79 bits per heavy atom. The number of hydrogen-bond donors (Lipinski definition) is 1. The van der Waals surface area contributed by atoms with Crippen molar-refractivity contribution in [3.8, 4) is 0 Å². The predicted octanol–water partition coefficient (Wildman–Crippen LogP) is 1.65. The van der Waals surface area contributed by atoms with Crippen LogP contribution in [0.4, 0.5) is 0 Å². The number of aromatic nitrogens is 1. The van der Waals surface area contributed by atoms with E-state index in [2.05, 4.69) is 36.0 Å². The molecule has 1 aliphatic rings. The maximum absolute atomic E-state index is 12.6. The average molecular weight is 353 g/mol. The first kappa shape index (κ1) is 18.9. The van der Waals surface area contributed by atoms with E-state index in [1.807, 2.05) is 12.3 Å². The van der Waals surface area contributed by atoms with Gasteiger partial charge in [0.15, 0.2) is 0 Å². The fraction of sp³-hybridized carbons (Fsp3) is 0.706. The Labute approximate surface area is 148 Å². The monoisotopic (exact) mass is 352 g/mol. The molecule has 0 bridgehead atoms. The number of piperazine rings is 1. The molecule has 1 fully saturated rings. The summed E-state index contributed by atoms with van der Waals surface area (Å²) >= 11 is 1.56. The third-order valence-corrected chi connectivity index (χ3v) is 4.90. The molecule has 24 heavy (non-hydrogen) atoms. The Morgan fingerprint density at radius 1 is 1.50 bits per heavy atom.